The number of nitrogens with two attached hydrogens (primary N) is 1. The van der Waals surface area contributed by atoms with E-state index in [1.807, 2.05) is 61.5 Å². The van der Waals surface area contributed by atoms with Gasteiger partial charge in [0.05, 0.1) is 12.2 Å². The average molecular weight is 586 g/mol. The van der Waals surface area contributed by atoms with Crippen molar-refractivity contribution in [2.24, 2.45) is 28.6 Å². The van der Waals surface area contributed by atoms with Gasteiger partial charge in [-0.25, -0.2) is 0 Å². The molecule has 1 saturated heterocycles. The van der Waals surface area contributed by atoms with Crippen molar-refractivity contribution >= 4 is 17.3 Å². The van der Waals surface area contributed by atoms with Crippen LogP contribution in [0.3, 0.4) is 0 Å². The molecule has 5 aliphatic rings. The summed E-state index contributed by atoms with van der Waals surface area (Å²) in [5.41, 5.74) is 6.71. The first-order chi connectivity index (χ1) is 20.6. The molecule has 0 radical (unpaired) electrons. The fraction of sp³-hybridized carbons (Fsp3) is 0.486. The average Bonchev–Trinajstić information content (AvgIpc) is 3.50. The second-order valence-corrected chi connectivity index (χ2v) is 13.4. The van der Waals surface area contributed by atoms with E-state index in [2.05, 4.69) is 6.92 Å². The summed E-state index contributed by atoms with van der Waals surface area (Å²) in [5, 5.41) is 22.1. The number of aliphatic hydroxyl groups excluding tert-OH is 2. The minimum atomic E-state index is -1.39. The van der Waals surface area contributed by atoms with E-state index in [0.29, 0.717) is 30.9 Å². The van der Waals surface area contributed by atoms with Crippen LogP contribution in [0.5, 0.6) is 5.75 Å². The monoisotopic (exact) mass is 585 g/mol. The van der Waals surface area contributed by atoms with Crippen molar-refractivity contribution in [3.63, 3.8) is 0 Å². The maximum atomic E-state index is 13.8. The van der Waals surface area contributed by atoms with Gasteiger partial charge in [0.2, 0.25) is 0 Å². The summed E-state index contributed by atoms with van der Waals surface area (Å²) >= 11 is 0. The highest BCUT2D eigenvalue weighted by Gasteiger charge is 2.75. The van der Waals surface area contributed by atoms with E-state index in [1.54, 1.807) is 12.2 Å². The summed E-state index contributed by atoms with van der Waals surface area (Å²) in [6.07, 6.45) is 5.76. The summed E-state index contributed by atoms with van der Waals surface area (Å²) in [6, 6.07) is 15.0. The van der Waals surface area contributed by atoms with Gasteiger partial charge in [0.15, 0.2) is 23.5 Å². The van der Waals surface area contributed by atoms with E-state index < -0.39 is 47.3 Å². The number of allylic oxidation sites excluding steroid dienone is 4. The summed E-state index contributed by atoms with van der Waals surface area (Å²) in [4.78, 5) is 25.9. The number of ether oxygens (including phenoxy) is 3. The topological polar surface area (TPSA) is 128 Å². The lowest BCUT2D eigenvalue weighted by molar-refractivity contribution is -0.201. The molecule has 226 valence electrons. The molecule has 4 fully saturated rings. The van der Waals surface area contributed by atoms with Gasteiger partial charge in [-0.3, -0.25) is 9.59 Å². The number of carbonyl (C=O) groups excluding carboxylic acids is 2. The molecule has 0 bridgehead atoms. The number of hydrogen-bond donors (Lipinski definition) is 3. The van der Waals surface area contributed by atoms with Crippen molar-refractivity contribution in [1.29, 1.82) is 0 Å². The van der Waals surface area contributed by atoms with E-state index in [-0.39, 0.29) is 23.5 Å². The van der Waals surface area contributed by atoms with Crippen LogP contribution in [0.2, 0.25) is 0 Å². The molecule has 0 aromatic heterocycles. The van der Waals surface area contributed by atoms with Gasteiger partial charge >= 0.3 is 0 Å². The van der Waals surface area contributed by atoms with Crippen LogP contribution in [0.25, 0.3) is 0 Å². The highest BCUT2D eigenvalue weighted by atomic mass is 16.7. The van der Waals surface area contributed by atoms with Crippen LogP contribution in [0, 0.1) is 28.6 Å². The molecule has 8 nitrogen and oxygen atoms in total. The quantitative estimate of drug-likeness (QED) is 0.425. The van der Waals surface area contributed by atoms with E-state index in [0.717, 1.165) is 29.5 Å². The fourth-order valence-electron chi connectivity index (χ4n) is 9.37. The third-order valence-corrected chi connectivity index (χ3v) is 11.3. The minimum absolute atomic E-state index is 0.00322. The fourth-order valence-corrected chi connectivity index (χ4v) is 9.37. The SMILES string of the molecule is C[C@]12C=CC(=O)C=C1CC[C@@H]1[C@@H]2[C@@H](O)C[C@@]2(C)[C@H]1C[C@H]1O[C@@H](c3cccc(OCc4ccc(N)cc4)c3)O[C@]12C(=O)CO. The Kier molecular flexibility index (Phi) is 6.70. The van der Waals surface area contributed by atoms with Crippen molar-refractivity contribution < 1.29 is 34.0 Å². The van der Waals surface area contributed by atoms with E-state index in [4.69, 9.17) is 19.9 Å². The summed E-state index contributed by atoms with van der Waals surface area (Å²) < 4.78 is 19.3. The molecule has 2 aromatic carbocycles. The lowest BCUT2D eigenvalue weighted by Crippen LogP contribution is -2.63. The molecule has 3 saturated carbocycles. The van der Waals surface area contributed by atoms with Gasteiger partial charge in [-0.05, 0) is 79.5 Å². The second kappa shape index (κ2) is 10.1. The maximum absolute atomic E-state index is 13.8. The zero-order chi connectivity index (χ0) is 30.1. The normalized spacial score (nSPS) is 39.3. The molecular weight excluding hydrogens is 546 g/mol. The molecule has 2 aromatic rings. The molecule has 1 aliphatic heterocycles. The zero-order valence-electron chi connectivity index (χ0n) is 24.6. The number of nitrogen functional groups attached to an aromatic ring is 1. The first-order valence-electron chi connectivity index (χ1n) is 15.3. The number of ketones is 2. The Morgan fingerprint density at radius 2 is 1.95 bits per heavy atom. The molecule has 8 heteroatoms. The number of Topliss-reactive ketones (excluding diaryl/α,β-unsaturated/α-hetero) is 1. The van der Waals surface area contributed by atoms with Gasteiger partial charge in [-0.15, -0.1) is 0 Å². The molecule has 4 N–H and O–H groups in total. The number of hydrogen-bond acceptors (Lipinski definition) is 8. The smallest absolute Gasteiger partial charge is 0.193 e. The highest BCUT2D eigenvalue weighted by molar-refractivity contribution is 6.01. The third-order valence-electron chi connectivity index (χ3n) is 11.3. The molecular formula is C35H39NO7. The lowest BCUT2D eigenvalue weighted by atomic mass is 9.46. The Hall–Kier alpha value is -3.30. The van der Waals surface area contributed by atoms with Crippen molar-refractivity contribution in [2.75, 3.05) is 12.3 Å². The van der Waals surface area contributed by atoms with Crippen LogP contribution >= 0.6 is 0 Å². The third kappa shape index (κ3) is 4.18. The molecule has 0 spiro atoms. The number of fused-ring (bicyclic) bond motifs is 7. The van der Waals surface area contributed by atoms with Gasteiger partial charge in [-0.1, -0.05) is 49.8 Å². The van der Waals surface area contributed by atoms with Crippen molar-refractivity contribution in [1.82, 2.24) is 0 Å². The van der Waals surface area contributed by atoms with Crippen LogP contribution in [0.15, 0.2) is 72.3 Å². The maximum Gasteiger partial charge on any atom is 0.193 e. The molecule has 1 heterocycles. The molecule has 0 unspecified atom stereocenters. The zero-order valence-corrected chi connectivity index (χ0v) is 24.6. The molecule has 4 aliphatic carbocycles. The number of carbonyl (C=O) groups is 2. The number of rotatable bonds is 6. The Bertz CT molecular complexity index is 1520. The van der Waals surface area contributed by atoms with Gasteiger partial charge in [0.25, 0.3) is 0 Å². The molecule has 9 atom stereocenters. The second-order valence-electron chi connectivity index (χ2n) is 13.4. The predicted octanol–water partition coefficient (Wildman–Crippen LogP) is 4.45. The van der Waals surface area contributed by atoms with Crippen LogP contribution in [-0.2, 0) is 25.7 Å². The first kappa shape index (κ1) is 28.5. The van der Waals surface area contributed by atoms with Crippen molar-refractivity contribution in [2.45, 2.75) is 70.2 Å². The van der Waals surface area contributed by atoms with E-state index in [1.165, 1.54) is 0 Å². The Labute approximate surface area is 251 Å². The van der Waals surface area contributed by atoms with Crippen molar-refractivity contribution in [3.8, 4) is 5.75 Å². The first-order valence-corrected chi connectivity index (χ1v) is 15.3. The summed E-state index contributed by atoms with van der Waals surface area (Å²) in [6.45, 7) is 3.86. The van der Waals surface area contributed by atoms with Crippen molar-refractivity contribution in [3.05, 3.63) is 83.5 Å². The standard InChI is InChI=1S/C35H39NO7/c1-33-13-12-24(38)15-22(33)8-11-26-27-16-30-35(29(40)18-37,34(27,2)17-28(39)31(26)33)43-32(42-30)21-4-3-5-25(14-21)41-19-20-6-9-23(36)10-7-20/h3-7,9-10,12-15,26-28,30-32,37,39H,8,11,16-19,36H2,1-2H3/t26-,27-,28-,30+,31+,32+,33-,34-,35+/m0/s1. The van der Waals surface area contributed by atoms with Crippen LogP contribution in [0.4, 0.5) is 5.69 Å². The van der Waals surface area contributed by atoms with Crippen LogP contribution in [-0.4, -0.2) is 46.2 Å². The minimum Gasteiger partial charge on any atom is -0.489 e. The lowest BCUT2D eigenvalue weighted by Gasteiger charge is -2.59. The van der Waals surface area contributed by atoms with Crippen LogP contribution < -0.4 is 10.5 Å². The van der Waals surface area contributed by atoms with Gasteiger partial charge < -0.3 is 30.2 Å². The predicted molar refractivity (Wildman–Crippen MR) is 159 cm³/mol. The Morgan fingerprint density at radius 1 is 1.16 bits per heavy atom. The Morgan fingerprint density at radius 3 is 2.72 bits per heavy atom. The largest absolute Gasteiger partial charge is 0.489 e. The summed E-state index contributed by atoms with van der Waals surface area (Å²) in [7, 11) is 0. The number of anilines is 1. The van der Waals surface area contributed by atoms with Gasteiger partial charge in [0.1, 0.15) is 19.0 Å². The van der Waals surface area contributed by atoms with Gasteiger partial charge in [0, 0.05) is 28.0 Å². The van der Waals surface area contributed by atoms with Gasteiger partial charge in [-0.2, -0.15) is 0 Å². The van der Waals surface area contributed by atoms with E-state index >= 15 is 0 Å². The summed E-state index contributed by atoms with van der Waals surface area (Å²) in [5.74, 6) is 0.300. The van der Waals surface area contributed by atoms with E-state index in [9.17, 15) is 19.8 Å². The number of benzene rings is 2. The number of aliphatic hydroxyl groups is 2. The highest BCUT2D eigenvalue weighted by Crippen LogP contribution is 2.70. The molecule has 43 heavy (non-hydrogen) atoms. The Balaban J connectivity index is 1.17. The molecule has 7 rings (SSSR count). The van der Waals surface area contributed by atoms with Crippen LogP contribution in [0.1, 0.15) is 56.9 Å². The molecule has 0 amide bonds.